The van der Waals surface area contributed by atoms with Crippen LogP contribution in [-0.4, -0.2) is 11.8 Å². The number of amides is 2. The third-order valence-electron chi connectivity index (χ3n) is 3.31. The molecule has 0 fully saturated rings. The molecule has 2 N–H and O–H groups in total. The van der Waals surface area contributed by atoms with Crippen LogP contribution in [0, 0.1) is 0 Å². The summed E-state index contributed by atoms with van der Waals surface area (Å²) in [5.74, 6) is -0.805. The first-order chi connectivity index (χ1) is 12.1. The molecule has 0 saturated carbocycles. The normalized spacial score (nSPS) is 17.1. The molecule has 0 aromatic rings. The van der Waals surface area contributed by atoms with Crippen molar-refractivity contribution in [2.45, 2.75) is 34.1 Å². The largest absolute Gasteiger partial charge is 0.350 e. The highest BCUT2D eigenvalue weighted by molar-refractivity contribution is 6.21. The summed E-state index contributed by atoms with van der Waals surface area (Å²) in [6.07, 6.45) is 19.5. The summed E-state index contributed by atoms with van der Waals surface area (Å²) in [5.41, 5.74) is 2.08. The molecule has 0 aromatic carbocycles. The number of imide groups is 1. The lowest BCUT2D eigenvalue weighted by Crippen LogP contribution is -2.26. The van der Waals surface area contributed by atoms with E-state index in [0.29, 0.717) is 5.57 Å². The van der Waals surface area contributed by atoms with E-state index in [4.69, 9.17) is 0 Å². The van der Waals surface area contributed by atoms with Gasteiger partial charge < -0.3 is 5.32 Å². The molecule has 0 bridgehead atoms. The minimum atomic E-state index is -0.419. The fourth-order valence-electron chi connectivity index (χ4n) is 2.26. The standard InChI is InChI=1S/C21H26N2O2/c1-5-9-11-14-16(12-7-3)18-19(21(25)23-20(18)24)22-17(13-8-4)15-10-6-2/h5-6,8-15H,7H2,1-4H3,(H2,22,23,24,25)/b9-5-,10-6-,13-8-,14-11-,16-12+,17-15+. The molecule has 1 aliphatic rings. The minimum Gasteiger partial charge on any atom is -0.350 e. The Balaban J connectivity index is 3.39. The maximum absolute atomic E-state index is 12.3. The second kappa shape index (κ2) is 10.8. The number of allylic oxidation sites excluding steroid dienone is 10. The lowest BCUT2D eigenvalue weighted by atomic mass is 10.0. The van der Waals surface area contributed by atoms with Gasteiger partial charge >= 0.3 is 0 Å². The molecule has 0 aliphatic carbocycles. The van der Waals surface area contributed by atoms with Crippen molar-refractivity contribution in [2.24, 2.45) is 0 Å². The first kappa shape index (κ1) is 20.2. The summed E-state index contributed by atoms with van der Waals surface area (Å²) in [4.78, 5) is 24.6. The SMILES string of the molecule is C\C=C/C=C\C(=C/CC)C1=C(NC(/C=C\C)=C/C=C\C)C(=O)NC1=O. The molecule has 4 heteroatoms. The molecule has 132 valence electrons. The van der Waals surface area contributed by atoms with Crippen molar-refractivity contribution in [3.8, 4) is 0 Å². The minimum absolute atomic E-state index is 0.267. The van der Waals surface area contributed by atoms with Crippen LogP contribution in [0.25, 0.3) is 0 Å². The second-order valence-corrected chi connectivity index (χ2v) is 5.26. The van der Waals surface area contributed by atoms with Crippen molar-refractivity contribution in [1.29, 1.82) is 0 Å². The van der Waals surface area contributed by atoms with Crippen molar-refractivity contribution >= 4 is 11.8 Å². The third kappa shape index (κ3) is 5.92. The molecule has 0 atom stereocenters. The Morgan fingerprint density at radius 3 is 2.28 bits per heavy atom. The number of carbonyl (C=O) groups excluding carboxylic acids is 2. The van der Waals surface area contributed by atoms with E-state index >= 15 is 0 Å². The summed E-state index contributed by atoms with van der Waals surface area (Å²) >= 11 is 0. The van der Waals surface area contributed by atoms with E-state index in [9.17, 15) is 9.59 Å². The Kier molecular flexibility index (Phi) is 8.72. The van der Waals surface area contributed by atoms with Crippen LogP contribution in [0.2, 0.25) is 0 Å². The predicted molar refractivity (Wildman–Crippen MR) is 103 cm³/mol. The molecule has 2 amide bonds. The maximum Gasteiger partial charge on any atom is 0.275 e. The third-order valence-corrected chi connectivity index (χ3v) is 3.31. The highest BCUT2D eigenvalue weighted by Crippen LogP contribution is 2.22. The van der Waals surface area contributed by atoms with Crippen molar-refractivity contribution in [2.75, 3.05) is 0 Å². The monoisotopic (exact) mass is 338 g/mol. The molecule has 0 spiro atoms. The first-order valence-electron chi connectivity index (χ1n) is 8.41. The van der Waals surface area contributed by atoms with E-state index in [1.807, 2.05) is 88.5 Å². The van der Waals surface area contributed by atoms with Crippen molar-refractivity contribution in [3.05, 3.63) is 83.3 Å². The van der Waals surface area contributed by atoms with Crippen LogP contribution in [0.1, 0.15) is 34.1 Å². The molecule has 0 aromatic heterocycles. The molecular formula is C21H26N2O2. The van der Waals surface area contributed by atoms with E-state index in [2.05, 4.69) is 10.6 Å². The number of rotatable bonds is 8. The predicted octanol–water partition coefficient (Wildman–Crippen LogP) is 3.99. The smallest absolute Gasteiger partial charge is 0.275 e. The molecule has 0 saturated heterocycles. The summed E-state index contributed by atoms with van der Waals surface area (Å²) in [7, 11) is 0. The van der Waals surface area contributed by atoms with Crippen LogP contribution < -0.4 is 10.6 Å². The van der Waals surface area contributed by atoms with Crippen molar-refractivity contribution < 1.29 is 9.59 Å². The average Bonchev–Trinajstić information content (AvgIpc) is 2.86. The zero-order valence-corrected chi connectivity index (χ0v) is 15.3. The Labute approximate surface area is 150 Å². The van der Waals surface area contributed by atoms with Gasteiger partial charge in [0, 0.05) is 5.70 Å². The molecule has 1 rings (SSSR count). The van der Waals surface area contributed by atoms with E-state index < -0.39 is 5.91 Å². The van der Waals surface area contributed by atoms with Gasteiger partial charge in [-0.1, -0.05) is 55.5 Å². The fourth-order valence-corrected chi connectivity index (χ4v) is 2.26. The van der Waals surface area contributed by atoms with E-state index in [-0.39, 0.29) is 11.6 Å². The van der Waals surface area contributed by atoms with Gasteiger partial charge in [0.1, 0.15) is 5.70 Å². The lowest BCUT2D eigenvalue weighted by molar-refractivity contribution is -0.124. The quantitative estimate of drug-likeness (QED) is 0.520. The molecule has 0 unspecified atom stereocenters. The van der Waals surface area contributed by atoms with Gasteiger partial charge in [-0.15, -0.1) is 0 Å². The Hall–Kier alpha value is -2.88. The van der Waals surface area contributed by atoms with Crippen LogP contribution in [0.5, 0.6) is 0 Å². The fraction of sp³-hybridized carbons (Fsp3) is 0.238. The molecular weight excluding hydrogens is 312 g/mol. The van der Waals surface area contributed by atoms with Crippen molar-refractivity contribution in [1.82, 2.24) is 10.6 Å². The molecule has 1 aliphatic heterocycles. The van der Waals surface area contributed by atoms with Gasteiger partial charge in [0.2, 0.25) is 0 Å². The lowest BCUT2D eigenvalue weighted by Gasteiger charge is -2.09. The highest BCUT2D eigenvalue weighted by Gasteiger charge is 2.31. The number of hydrogen-bond donors (Lipinski definition) is 2. The molecule has 25 heavy (non-hydrogen) atoms. The van der Waals surface area contributed by atoms with E-state index in [0.717, 1.165) is 17.7 Å². The topological polar surface area (TPSA) is 58.2 Å². The van der Waals surface area contributed by atoms with Gasteiger partial charge in [-0.25, -0.2) is 0 Å². The van der Waals surface area contributed by atoms with Crippen LogP contribution in [0.15, 0.2) is 83.3 Å². The maximum atomic E-state index is 12.3. The van der Waals surface area contributed by atoms with Gasteiger partial charge in [0.25, 0.3) is 11.8 Å². The zero-order valence-electron chi connectivity index (χ0n) is 15.3. The Morgan fingerprint density at radius 2 is 1.68 bits per heavy atom. The zero-order chi connectivity index (χ0) is 18.7. The van der Waals surface area contributed by atoms with Crippen LogP contribution in [-0.2, 0) is 9.59 Å². The highest BCUT2D eigenvalue weighted by atomic mass is 16.2. The molecule has 1 heterocycles. The van der Waals surface area contributed by atoms with Crippen LogP contribution in [0.3, 0.4) is 0 Å². The molecule has 0 radical (unpaired) electrons. The number of nitrogens with one attached hydrogen (secondary N) is 2. The van der Waals surface area contributed by atoms with Gasteiger partial charge in [-0.3, -0.25) is 14.9 Å². The number of carbonyl (C=O) groups is 2. The van der Waals surface area contributed by atoms with E-state index in [1.165, 1.54) is 0 Å². The summed E-state index contributed by atoms with van der Waals surface area (Å²) in [5, 5.41) is 5.46. The molecule has 4 nitrogen and oxygen atoms in total. The van der Waals surface area contributed by atoms with Gasteiger partial charge in [-0.2, -0.15) is 0 Å². The average molecular weight is 338 g/mol. The summed E-state index contributed by atoms with van der Waals surface area (Å²) < 4.78 is 0. The Morgan fingerprint density at radius 1 is 0.960 bits per heavy atom. The number of hydrogen-bond acceptors (Lipinski definition) is 3. The van der Waals surface area contributed by atoms with Gasteiger partial charge in [0.05, 0.1) is 5.57 Å². The van der Waals surface area contributed by atoms with Gasteiger partial charge in [-0.05, 0) is 44.9 Å². The van der Waals surface area contributed by atoms with Crippen LogP contribution >= 0.6 is 0 Å². The summed E-state index contributed by atoms with van der Waals surface area (Å²) in [6, 6.07) is 0. The van der Waals surface area contributed by atoms with E-state index in [1.54, 1.807) is 0 Å². The second-order valence-electron chi connectivity index (χ2n) is 5.26. The van der Waals surface area contributed by atoms with Crippen molar-refractivity contribution in [3.63, 3.8) is 0 Å². The first-order valence-corrected chi connectivity index (χ1v) is 8.41. The Bertz CT molecular complexity index is 714. The summed E-state index contributed by atoms with van der Waals surface area (Å²) in [6.45, 7) is 7.71. The van der Waals surface area contributed by atoms with Crippen LogP contribution in [0.4, 0.5) is 0 Å². The van der Waals surface area contributed by atoms with Gasteiger partial charge in [0.15, 0.2) is 0 Å².